The third-order valence-corrected chi connectivity index (χ3v) is 3.35. The van der Waals surface area contributed by atoms with Gasteiger partial charge >= 0.3 is 0 Å². The van der Waals surface area contributed by atoms with E-state index in [2.05, 4.69) is 31.1 Å². The number of hydrogen-bond donors (Lipinski definition) is 1. The molecular formula is C12H26N2. The number of nitrogens with one attached hydrogen (secondary N) is 1. The van der Waals surface area contributed by atoms with Crippen LogP contribution in [0.25, 0.3) is 0 Å². The minimum atomic E-state index is 0.771. The Balaban J connectivity index is 2.15. The van der Waals surface area contributed by atoms with Crippen LogP contribution in [0.1, 0.15) is 39.5 Å². The third-order valence-electron chi connectivity index (χ3n) is 3.35. The molecule has 0 radical (unpaired) electrons. The highest BCUT2D eigenvalue weighted by atomic mass is 15.1. The van der Waals surface area contributed by atoms with Crippen LogP contribution in [0.2, 0.25) is 0 Å². The molecule has 1 aliphatic rings. The summed E-state index contributed by atoms with van der Waals surface area (Å²) in [5, 5.41) is 3.38. The molecule has 0 aliphatic carbocycles. The minimum absolute atomic E-state index is 0.771. The van der Waals surface area contributed by atoms with E-state index < -0.39 is 0 Å². The Labute approximate surface area is 89.1 Å². The maximum absolute atomic E-state index is 3.38. The topological polar surface area (TPSA) is 15.3 Å². The monoisotopic (exact) mass is 198 g/mol. The Bertz CT molecular complexity index is 139. The fraction of sp³-hybridized carbons (Fsp3) is 1.00. The molecule has 1 heterocycles. The lowest BCUT2D eigenvalue weighted by Crippen LogP contribution is -2.42. The number of nitrogens with zero attached hydrogens (tertiary/aromatic N) is 1. The second-order valence-electron chi connectivity index (χ2n) is 4.76. The number of piperidine rings is 1. The molecule has 2 heteroatoms. The molecule has 1 aliphatic heterocycles. The Morgan fingerprint density at radius 3 is 2.50 bits per heavy atom. The van der Waals surface area contributed by atoms with E-state index in [-0.39, 0.29) is 0 Å². The summed E-state index contributed by atoms with van der Waals surface area (Å²) in [6.45, 7) is 8.56. The van der Waals surface area contributed by atoms with Crippen LogP contribution in [0.15, 0.2) is 0 Å². The van der Waals surface area contributed by atoms with Gasteiger partial charge in [0, 0.05) is 12.6 Å². The highest BCUT2D eigenvalue weighted by molar-refractivity contribution is 4.76. The zero-order valence-electron chi connectivity index (χ0n) is 10.1. The van der Waals surface area contributed by atoms with Crippen LogP contribution in [0.5, 0.6) is 0 Å². The van der Waals surface area contributed by atoms with E-state index in [1.807, 2.05) is 0 Å². The Morgan fingerprint density at radius 2 is 2.00 bits per heavy atom. The molecule has 0 aromatic carbocycles. The van der Waals surface area contributed by atoms with Gasteiger partial charge in [0.2, 0.25) is 0 Å². The summed E-state index contributed by atoms with van der Waals surface area (Å²) in [5.41, 5.74) is 0. The largest absolute Gasteiger partial charge is 0.317 e. The smallest absolute Gasteiger partial charge is 0.00884 e. The molecule has 0 saturated carbocycles. The van der Waals surface area contributed by atoms with E-state index in [1.54, 1.807) is 0 Å². The van der Waals surface area contributed by atoms with Crippen molar-refractivity contribution >= 4 is 0 Å². The molecule has 1 saturated heterocycles. The summed E-state index contributed by atoms with van der Waals surface area (Å²) >= 11 is 0. The molecule has 1 unspecified atom stereocenters. The van der Waals surface area contributed by atoms with E-state index in [0.717, 1.165) is 12.0 Å². The van der Waals surface area contributed by atoms with Gasteiger partial charge in [-0.1, -0.05) is 20.3 Å². The number of likely N-dealkylation sites (tertiary alicyclic amines) is 1. The Kier molecular flexibility index (Phi) is 5.49. The third kappa shape index (κ3) is 3.97. The predicted octanol–water partition coefficient (Wildman–Crippen LogP) is 2.11. The van der Waals surface area contributed by atoms with Crippen LogP contribution < -0.4 is 5.32 Å². The first-order chi connectivity index (χ1) is 6.76. The summed E-state index contributed by atoms with van der Waals surface area (Å²) in [6.07, 6.45) is 5.37. The van der Waals surface area contributed by atoms with Gasteiger partial charge in [-0.2, -0.15) is 0 Å². The normalized spacial score (nSPS) is 22.5. The van der Waals surface area contributed by atoms with E-state index >= 15 is 0 Å². The van der Waals surface area contributed by atoms with Crippen LogP contribution in [0, 0.1) is 5.92 Å². The second kappa shape index (κ2) is 6.41. The van der Waals surface area contributed by atoms with Crippen molar-refractivity contribution in [2.24, 2.45) is 5.92 Å². The van der Waals surface area contributed by atoms with Gasteiger partial charge in [0.15, 0.2) is 0 Å². The molecule has 0 amide bonds. The fourth-order valence-corrected chi connectivity index (χ4v) is 2.43. The molecule has 1 rings (SSSR count). The standard InChI is InChI=1S/C12H26N2/c1-4-5-11(2)10-14-8-6-12(13-3)7-9-14/h11-13H,4-10H2,1-3H3. The number of hydrogen-bond acceptors (Lipinski definition) is 2. The summed E-state index contributed by atoms with van der Waals surface area (Å²) in [4.78, 5) is 2.63. The molecule has 1 fully saturated rings. The van der Waals surface area contributed by atoms with Crippen LogP contribution in [-0.2, 0) is 0 Å². The van der Waals surface area contributed by atoms with E-state index in [4.69, 9.17) is 0 Å². The maximum Gasteiger partial charge on any atom is 0.00884 e. The van der Waals surface area contributed by atoms with Crippen LogP contribution in [-0.4, -0.2) is 37.6 Å². The highest BCUT2D eigenvalue weighted by Gasteiger charge is 2.18. The molecular weight excluding hydrogens is 172 g/mol. The van der Waals surface area contributed by atoms with Crippen molar-refractivity contribution in [2.75, 3.05) is 26.7 Å². The fourth-order valence-electron chi connectivity index (χ4n) is 2.43. The van der Waals surface area contributed by atoms with Gasteiger partial charge in [0.25, 0.3) is 0 Å². The molecule has 0 bridgehead atoms. The van der Waals surface area contributed by atoms with Crippen molar-refractivity contribution < 1.29 is 0 Å². The van der Waals surface area contributed by atoms with E-state index in [1.165, 1.54) is 45.3 Å². The van der Waals surface area contributed by atoms with Gasteiger partial charge < -0.3 is 10.2 Å². The quantitative estimate of drug-likeness (QED) is 0.728. The first kappa shape index (κ1) is 12.0. The van der Waals surface area contributed by atoms with Crippen molar-refractivity contribution in [1.82, 2.24) is 10.2 Å². The van der Waals surface area contributed by atoms with Crippen LogP contribution in [0.3, 0.4) is 0 Å². The minimum Gasteiger partial charge on any atom is -0.317 e. The average Bonchev–Trinajstić information content (AvgIpc) is 2.19. The van der Waals surface area contributed by atoms with Crippen molar-refractivity contribution in [1.29, 1.82) is 0 Å². The Morgan fingerprint density at radius 1 is 1.36 bits per heavy atom. The van der Waals surface area contributed by atoms with Gasteiger partial charge in [-0.15, -0.1) is 0 Å². The summed E-state index contributed by atoms with van der Waals surface area (Å²) < 4.78 is 0. The van der Waals surface area contributed by atoms with Crippen molar-refractivity contribution in [3.05, 3.63) is 0 Å². The SMILES string of the molecule is CCCC(C)CN1CCC(NC)CC1. The van der Waals surface area contributed by atoms with Crippen LogP contribution in [0.4, 0.5) is 0 Å². The molecule has 1 N–H and O–H groups in total. The van der Waals surface area contributed by atoms with Crippen molar-refractivity contribution in [2.45, 2.75) is 45.6 Å². The van der Waals surface area contributed by atoms with Crippen molar-refractivity contribution in [3.8, 4) is 0 Å². The Hall–Kier alpha value is -0.0800. The summed E-state index contributed by atoms with van der Waals surface area (Å²) in [7, 11) is 2.08. The van der Waals surface area contributed by atoms with E-state index in [0.29, 0.717) is 0 Å². The lowest BCUT2D eigenvalue weighted by Gasteiger charge is -2.33. The average molecular weight is 198 g/mol. The van der Waals surface area contributed by atoms with Crippen molar-refractivity contribution in [3.63, 3.8) is 0 Å². The molecule has 84 valence electrons. The molecule has 1 atom stereocenters. The predicted molar refractivity (Wildman–Crippen MR) is 62.6 cm³/mol. The van der Waals surface area contributed by atoms with Gasteiger partial charge in [0.1, 0.15) is 0 Å². The molecule has 0 aromatic heterocycles. The summed E-state index contributed by atoms with van der Waals surface area (Å²) in [6, 6.07) is 0.771. The summed E-state index contributed by atoms with van der Waals surface area (Å²) in [5.74, 6) is 0.881. The van der Waals surface area contributed by atoms with Gasteiger partial charge in [-0.05, 0) is 45.3 Å². The van der Waals surface area contributed by atoms with Crippen LogP contribution >= 0.6 is 0 Å². The van der Waals surface area contributed by atoms with Gasteiger partial charge in [0.05, 0.1) is 0 Å². The second-order valence-corrected chi connectivity index (χ2v) is 4.76. The molecule has 2 nitrogen and oxygen atoms in total. The number of rotatable bonds is 5. The van der Waals surface area contributed by atoms with Gasteiger partial charge in [-0.25, -0.2) is 0 Å². The zero-order chi connectivity index (χ0) is 10.4. The lowest BCUT2D eigenvalue weighted by molar-refractivity contribution is 0.176. The van der Waals surface area contributed by atoms with Gasteiger partial charge in [-0.3, -0.25) is 0 Å². The molecule has 14 heavy (non-hydrogen) atoms. The maximum atomic E-state index is 3.38. The lowest BCUT2D eigenvalue weighted by atomic mass is 10.0. The first-order valence-electron chi connectivity index (χ1n) is 6.15. The first-order valence-corrected chi connectivity index (χ1v) is 6.15. The molecule has 0 aromatic rings. The zero-order valence-corrected chi connectivity index (χ0v) is 10.1. The molecule has 0 spiro atoms. The highest BCUT2D eigenvalue weighted by Crippen LogP contribution is 2.14. The van der Waals surface area contributed by atoms with E-state index in [9.17, 15) is 0 Å².